The van der Waals surface area contributed by atoms with E-state index in [2.05, 4.69) is 23.5 Å². The fourth-order valence-electron chi connectivity index (χ4n) is 5.46. The number of amides is 1. The Balaban J connectivity index is 1.51. The lowest BCUT2D eigenvalue weighted by Gasteiger charge is -2.37. The number of nitrogens with one attached hydrogen (secondary N) is 1. The number of thiophene rings is 1. The van der Waals surface area contributed by atoms with E-state index in [1.54, 1.807) is 7.11 Å². The Kier molecular flexibility index (Phi) is 8.25. The first-order valence-corrected chi connectivity index (χ1v) is 14.4. The molecule has 0 radical (unpaired) electrons. The second-order valence-electron chi connectivity index (χ2n) is 9.80. The maximum atomic E-state index is 14.2. The highest BCUT2D eigenvalue weighted by Crippen LogP contribution is 2.38. The predicted molar refractivity (Wildman–Crippen MR) is 156 cm³/mol. The third-order valence-electron chi connectivity index (χ3n) is 7.63. The van der Waals surface area contributed by atoms with E-state index < -0.39 is 0 Å². The molecule has 3 aromatic rings. The van der Waals surface area contributed by atoms with Gasteiger partial charge in [0.05, 0.1) is 12.1 Å². The number of carbonyl (C=O) groups excluding carboxylic acids is 1. The summed E-state index contributed by atoms with van der Waals surface area (Å²) in [5.74, 6) is 0.788. The van der Waals surface area contributed by atoms with E-state index >= 15 is 0 Å². The molecule has 1 heterocycles. The van der Waals surface area contributed by atoms with Gasteiger partial charge in [-0.15, -0.1) is 11.3 Å². The van der Waals surface area contributed by atoms with Crippen LogP contribution < -0.4 is 10.1 Å². The van der Waals surface area contributed by atoms with Crippen molar-refractivity contribution < 1.29 is 9.53 Å². The maximum Gasteiger partial charge on any atom is 0.266 e. The molecule has 7 heteroatoms. The minimum Gasteiger partial charge on any atom is -0.496 e. The van der Waals surface area contributed by atoms with Crippen LogP contribution in [0.25, 0.3) is 15.7 Å². The van der Waals surface area contributed by atoms with Crippen LogP contribution in [0.2, 0.25) is 5.02 Å². The smallest absolute Gasteiger partial charge is 0.266 e. The normalized spacial score (nSPS) is 19.9. The van der Waals surface area contributed by atoms with E-state index in [4.69, 9.17) is 27.9 Å². The average molecular weight is 556 g/mol. The number of allylic oxidation sites excluding steroid dienone is 4. The third-order valence-corrected chi connectivity index (χ3v) is 9.60. The van der Waals surface area contributed by atoms with Gasteiger partial charge in [0.15, 0.2) is 0 Å². The first-order valence-electron chi connectivity index (χ1n) is 12.9. The van der Waals surface area contributed by atoms with E-state index in [-0.39, 0.29) is 11.9 Å². The Morgan fingerprint density at radius 3 is 2.54 bits per heavy atom. The Bertz CT molecular complexity index is 1350. The molecule has 0 spiro atoms. The zero-order chi connectivity index (χ0) is 25.9. The molecule has 2 aliphatic rings. The summed E-state index contributed by atoms with van der Waals surface area (Å²) < 4.78 is 6.79. The van der Waals surface area contributed by atoms with Crippen LogP contribution in [0.1, 0.15) is 59.3 Å². The van der Waals surface area contributed by atoms with Crippen molar-refractivity contribution in [3.63, 3.8) is 0 Å². The quantitative estimate of drug-likeness (QED) is 0.321. The van der Waals surface area contributed by atoms with E-state index in [1.165, 1.54) is 16.9 Å². The van der Waals surface area contributed by atoms with Crippen molar-refractivity contribution in [3.05, 3.63) is 80.7 Å². The molecule has 4 nitrogen and oxygen atoms in total. The highest BCUT2D eigenvalue weighted by atomic mass is 35.5. The van der Waals surface area contributed by atoms with Gasteiger partial charge < -0.3 is 15.0 Å². The zero-order valence-corrected chi connectivity index (χ0v) is 23.6. The Morgan fingerprint density at radius 2 is 1.86 bits per heavy atom. The van der Waals surface area contributed by atoms with Crippen LogP contribution in [-0.2, 0) is 6.54 Å². The van der Waals surface area contributed by atoms with Gasteiger partial charge in [0.1, 0.15) is 10.6 Å². The monoisotopic (exact) mass is 554 g/mol. The summed E-state index contributed by atoms with van der Waals surface area (Å²) in [5.41, 5.74) is 3.39. The van der Waals surface area contributed by atoms with Gasteiger partial charge in [-0.1, -0.05) is 53.5 Å². The summed E-state index contributed by atoms with van der Waals surface area (Å²) in [6, 6.07) is 14.9. The molecule has 1 N–H and O–H groups in total. The summed E-state index contributed by atoms with van der Waals surface area (Å²) in [5, 5.41) is 5.77. The van der Waals surface area contributed by atoms with Crippen molar-refractivity contribution in [3.8, 4) is 5.75 Å². The number of fused-ring (bicyclic) bond motifs is 1. The predicted octanol–water partition coefficient (Wildman–Crippen LogP) is 8.04. The summed E-state index contributed by atoms with van der Waals surface area (Å²) in [6.45, 7) is 0.471. The average Bonchev–Trinajstić information content (AvgIpc) is 3.28. The lowest BCUT2D eigenvalue weighted by atomic mass is 9.89. The maximum absolute atomic E-state index is 14.2. The van der Waals surface area contributed by atoms with Crippen molar-refractivity contribution in [1.29, 1.82) is 0 Å². The van der Waals surface area contributed by atoms with Crippen LogP contribution >= 0.6 is 34.5 Å². The summed E-state index contributed by atoms with van der Waals surface area (Å²) >= 11 is 14.5. The molecule has 1 aromatic heterocycles. The zero-order valence-electron chi connectivity index (χ0n) is 21.2. The molecule has 1 saturated carbocycles. The van der Waals surface area contributed by atoms with Gasteiger partial charge in [-0.3, -0.25) is 4.79 Å². The van der Waals surface area contributed by atoms with Gasteiger partial charge >= 0.3 is 0 Å². The molecule has 0 atom stereocenters. The largest absolute Gasteiger partial charge is 0.496 e. The highest BCUT2D eigenvalue weighted by molar-refractivity contribution is 7.21. The van der Waals surface area contributed by atoms with Crippen molar-refractivity contribution >= 4 is 56.1 Å². The minimum absolute atomic E-state index is 0.00170. The second-order valence-corrected chi connectivity index (χ2v) is 11.7. The van der Waals surface area contributed by atoms with E-state index in [0.717, 1.165) is 70.5 Å². The first kappa shape index (κ1) is 26.3. The van der Waals surface area contributed by atoms with Crippen LogP contribution in [0.3, 0.4) is 0 Å². The van der Waals surface area contributed by atoms with Crippen molar-refractivity contribution in [2.45, 2.75) is 57.2 Å². The molecule has 2 aromatic carbocycles. The van der Waals surface area contributed by atoms with Crippen LogP contribution in [0.15, 0.2) is 59.6 Å². The molecule has 1 amide bonds. The van der Waals surface area contributed by atoms with Gasteiger partial charge in [-0.25, -0.2) is 0 Å². The number of hydrogen-bond donors (Lipinski definition) is 1. The molecule has 0 bridgehead atoms. The number of hydrogen-bond acceptors (Lipinski definition) is 4. The molecule has 0 aliphatic heterocycles. The minimum atomic E-state index is -0.00170. The van der Waals surface area contributed by atoms with Gasteiger partial charge in [-0.2, -0.15) is 0 Å². The van der Waals surface area contributed by atoms with E-state index in [1.807, 2.05) is 48.4 Å². The first-order chi connectivity index (χ1) is 18.0. The number of benzene rings is 2. The van der Waals surface area contributed by atoms with Crippen LogP contribution in [0.5, 0.6) is 5.75 Å². The van der Waals surface area contributed by atoms with Crippen molar-refractivity contribution in [2.24, 2.45) is 0 Å². The van der Waals surface area contributed by atoms with Gasteiger partial charge in [0, 0.05) is 39.3 Å². The summed E-state index contributed by atoms with van der Waals surface area (Å²) in [6.07, 6.45) is 9.81. The highest BCUT2D eigenvalue weighted by Gasteiger charge is 2.32. The van der Waals surface area contributed by atoms with E-state index in [9.17, 15) is 4.79 Å². The fourth-order valence-corrected chi connectivity index (χ4v) is 7.09. The number of ether oxygens (including phenoxy) is 1. The molecule has 0 unspecified atom stereocenters. The molecule has 0 saturated heterocycles. The number of methoxy groups -OCH3 is 1. The number of rotatable bonds is 7. The van der Waals surface area contributed by atoms with Gasteiger partial charge in [0.2, 0.25) is 0 Å². The van der Waals surface area contributed by atoms with Crippen molar-refractivity contribution in [1.82, 2.24) is 10.2 Å². The summed E-state index contributed by atoms with van der Waals surface area (Å²) in [7, 11) is 3.71. The van der Waals surface area contributed by atoms with Gasteiger partial charge in [0.25, 0.3) is 5.91 Å². The lowest BCUT2D eigenvalue weighted by molar-refractivity contribution is 0.0604. The summed E-state index contributed by atoms with van der Waals surface area (Å²) in [4.78, 5) is 16.8. The number of carbonyl (C=O) groups is 1. The van der Waals surface area contributed by atoms with Gasteiger partial charge in [-0.05, 0) is 81.0 Å². The van der Waals surface area contributed by atoms with Crippen LogP contribution in [0, 0.1) is 0 Å². The van der Waals surface area contributed by atoms with Crippen LogP contribution in [0.4, 0.5) is 0 Å². The lowest BCUT2D eigenvalue weighted by Crippen LogP contribution is -2.44. The molecular formula is C30H32Cl2N2O2S. The van der Waals surface area contributed by atoms with Crippen molar-refractivity contribution in [2.75, 3.05) is 14.2 Å². The van der Waals surface area contributed by atoms with Crippen LogP contribution in [-0.4, -0.2) is 37.0 Å². The third kappa shape index (κ3) is 5.61. The standard InChI is InChI=1S/C30H32Cl2N2O2S/c1-33-23-12-14-24(15-13-23)34(30(35)29-28(32)25-5-3-4-6-27(25)37-29)18-21-17-20(9-16-26(21)36-2)19-7-10-22(31)11-8-19/h3-7,9-10,16-17,23-24,33H,8,11-15,18H2,1-2H3/t23-,24-. The molecule has 37 heavy (non-hydrogen) atoms. The number of nitrogens with zero attached hydrogens (tertiary/aromatic N) is 1. The topological polar surface area (TPSA) is 41.6 Å². The molecular weight excluding hydrogens is 523 g/mol. The second kappa shape index (κ2) is 11.6. The Hall–Kier alpha value is -2.31. The van der Waals surface area contributed by atoms with E-state index in [0.29, 0.717) is 22.5 Å². The fraction of sp³-hybridized carbons (Fsp3) is 0.367. The molecule has 5 rings (SSSR count). The molecule has 2 aliphatic carbocycles. The molecule has 194 valence electrons. The molecule has 1 fully saturated rings. The number of halogens is 2. The Morgan fingerprint density at radius 1 is 1.08 bits per heavy atom. The Labute approximate surface area is 232 Å². The SMILES string of the molecule is CN[C@H]1CC[C@H](N(Cc2cc(C3=CC=C(Cl)CC3)ccc2OC)C(=O)c2sc3ccccc3c2Cl)CC1.